The van der Waals surface area contributed by atoms with Gasteiger partial charge < -0.3 is 24.8 Å². The Morgan fingerprint density at radius 3 is 2.71 bits per heavy atom. The molecule has 9 heteroatoms. The van der Waals surface area contributed by atoms with Crippen molar-refractivity contribution >= 4 is 16.9 Å². The summed E-state index contributed by atoms with van der Waals surface area (Å²) >= 11 is 0. The Hall–Kier alpha value is -4.27. The van der Waals surface area contributed by atoms with Gasteiger partial charge in [-0.25, -0.2) is 4.57 Å². The number of nitrogens with zero attached hydrogens (tertiary/aromatic N) is 2. The van der Waals surface area contributed by atoms with E-state index in [1.165, 1.54) is 0 Å². The van der Waals surface area contributed by atoms with Crippen molar-refractivity contribution in [2.24, 2.45) is 0 Å². The smallest absolute Gasteiger partial charge is 0.305 e. The van der Waals surface area contributed by atoms with E-state index in [9.17, 15) is 19.9 Å². The lowest BCUT2D eigenvalue weighted by Gasteiger charge is -2.14. The summed E-state index contributed by atoms with van der Waals surface area (Å²) in [7, 11) is 0. The lowest BCUT2D eigenvalue weighted by molar-refractivity contribution is -0.703. The first-order valence-corrected chi connectivity index (χ1v) is 10.9. The maximum absolute atomic E-state index is 13.1. The molecule has 0 fully saturated rings. The van der Waals surface area contributed by atoms with Gasteiger partial charge in [0.1, 0.15) is 18.2 Å². The molecule has 3 heterocycles. The first kappa shape index (κ1) is 21.6. The Balaban J connectivity index is 1.67. The number of aromatic amines is 1. The third-order valence-corrected chi connectivity index (χ3v) is 6.37. The lowest BCUT2D eigenvalue weighted by Crippen LogP contribution is -2.43. The molecule has 1 aliphatic heterocycles. The summed E-state index contributed by atoms with van der Waals surface area (Å²) in [6.07, 6.45) is -0.369. The number of rotatable bonds is 6. The SMILES string of the molecule is Cc1c(C)[n+](Cc2ccc3c(c2)OCO3)c(C(CC(=O)O)c2cc3ccccc3[nH]c2=O)n1O. The van der Waals surface area contributed by atoms with E-state index in [1.54, 1.807) is 19.1 Å². The van der Waals surface area contributed by atoms with E-state index in [0.29, 0.717) is 35.1 Å². The Morgan fingerprint density at radius 2 is 1.91 bits per heavy atom. The van der Waals surface area contributed by atoms with Crippen LogP contribution < -0.4 is 19.6 Å². The first-order valence-electron chi connectivity index (χ1n) is 10.9. The number of hydrogen-bond donors (Lipinski definition) is 3. The molecule has 0 amide bonds. The third kappa shape index (κ3) is 3.64. The molecule has 0 radical (unpaired) electrons. The molecule has 0 aliphatic carbocycles. The van der Waals surface area contributed by atoms with Crippen LogP contribution in [0.3, 0.4) is 0 Å². The van der Waals surface area contributed by atoms with Crippen LogP contribution in [0.4, 0.5) is 0 Å². The number of carboxylic acid groups (broad SMARTS) is 1. The fourth-order valence-corrected chi connectivity index (χ4v) is 4.50. The van der Waals surface area contributed by atoms with Gasteiger partial charge in [-0.1, -0.05) is 24.3 Å². The van der Waals surface area contributed by atoms with Crippen LogP contribution in [0.15, 0.2) is 53.3 Å². The summed E-state index contributed by atoms with van der Waals surface area (Å²) in [4.78, 5) is 27.8. The number of para-hydroxylation sites is 1. The van der Waals surface area contributed by atoms with Gasteiger partial charge in [0.2, 0.25) is 6.79 Å². The van der Waals surface area contributed by atoms with Gasteiger partial charge in [0.15, 0.2) is 17.2 Å². The van der Waals surface area contributed by atoms with Gasteiger partial charge in [0, 0.05) is 24.9 Å². The predicted octanol–water partition coefficient (Wildman–Crippen LogP) is 2.85. The van der Waals surface area contributed by atoms with E-state index in [0.717, 1.165) is 21.4 Å². The molecule has 1 unspecified atom stereocenters. The maximum Gasteiger partial charge on any atom is 0.305 e. The molecular weight excluding hydrogens is 438 g/mol. The summed E-state index contributed by atoms with van der Waals surface area (Å²) in [5.41, 5.74) is 2.73. The van der Waals surface area contributed by atoms with Gasteiger partial charge in [0.25, 0.3) is 5.56 Å². The summed E-state index contributed by atoms with van der Waals surface area (Å²) in [5, 5.41) is 21.5. The quantitative estimate of drug-likeness (QED) is 0.300. The molecule has 4 aromatic rings. The van der Waals surface area contributed by atoms with Gasteiger partial charge in [-0.15, -0.1) is 0 Å². The number of aliphatic carboxylic acids is 1. The van der Waals surface area contributed by atoms with E-state index >= 15 is 0 Å². The highest BCUT2D eigenvalue weighted by Crippen LogP contribution is 2.33. The van der Waals surface area contributed by atoms with Crippen molar-refractivity contribution in [3.63, 3.8) is 0 Å². The highest BCUT2D eigenvalue weighted by Gasteiger charge is 2.37. The normalized spacial score (nSPS) is 13.4. The molecule has 2 aromatic heterocycles. The Morgan fingerprint density at radius 1 is 1.15 bits per heavy atom. The zero-order valence-electron chi connectivity index (χ0n) is 18.7. The van der Waals surface area contributed by atoms with Crippen molar-refractivity contribution in [3.05, 3.63) is 87.2 Å². The molecule has 0 spiro atoms. The van der Waals surface area contributed by atoms with Crippen LogP contribution in [0, 0.1) is 13.8 Å². The molecule has 1 aliphatic rings. The number of benzene rings is 2. The molecule has 0 saturated carbocycles. The molecule has 0 bridgehead atoms. The van der Waals surface area contributed by atoms with Crippen molar-refractivity contribution in [2.75, 3.05) is 6.79 Å². The van der Waals surface area contributed by atoms with Gasteiger partial charge in [-0.3, -0.25) is 9.59 Å². The van der Waals surface area contributed by atoms with E-state index in [2.05, 4.69) is 4.98 Å². The fraction of sp³-hybridized carbons (Fsp3) is 0.240. The highest BCUT2D eigenvalue weighted by atomic mass is 16.7. The van der Waals surface area contributed by atoms with Crippen molar-refractivity contribution in [1.29, 1.82) is 0 Å². The summed E-state index contributed by atoms with van der Waals surface area (Å²) in [6.45, 7) is 4.10. The minimum absolute atomic E-state index is 0.160. The lowest BCUT2D eigenvalue weighted by atomic mass is 9.94. The maximum atomic E-state index is 13.1. The summed E-state index contributed by atoms with van der Waals surface area (Å²) in [6, 6.07) is 14.6. The number of carboxylic acids is 1. The number of ether oxygens (including phenoxy) is 2. The van der Waals surface area contributed by atoms with Gasteiger partial charge >= 0.3 is 11.8 Å². The minimum atomic E-state index is -1.08. The highest BCUT2D eigenvalue weighted by molar-refractivity contribution is 5.79. The number of hydrogen-bond acceptors (Lipinski definition) is 5. The molecule has 34 heavy (non-hydrogen) atoms. The standard InChI is InChI=1S/C25H23N3O6/c1-14-15(2)28(32)25(27(14)12-16-7-8-21-22(9-16)34-13-33-21)19(11-23(29)30)18-10-17-5-3-4-6-20(17)26-24(18)31/h3-10,19H,11-13H2,1-2H3,(H2-,26,29,30,31,32)/p+1. The Bertz CT molecular complexity index is 1490. The zero-order chi connectivity index (χ0) is 24.0. The fourth-order valence-electron chi connectivity index (χ4n) is 4.50. The van der Waals surface area contributed by atoms with Crippen LogP contribution >= 0.6 is 0 Å². The van der Waals surface area contributed by atoms with Gasteiger partial charge in [-0.05, 0) is 39.9 Å². The van der Waals surface area contributed by atoms with Gasteiger partial charge in [-0.2, -0.15) is 0 Å². The number of H-pyrrole nitrogens is 1. The second-order valence-electron chi connectivity index (χ2n) is 8.41. The molecule has 3 N–H and O–H groups in total. The van der Waals surface area contributed by atoms with Crippen LogP contribution in [0.25, 0.3) is 10.9 Å². The molecule has 2 aromatic carbocycles. The number of aromatic nitrogens is 3. The van der Waals surface area contributed by atoms with Gasteiger partial charge in [0.05, 0.1) is 6.42 Å². The molecule has 0 saturated heterocycles. The average molecular weight is 462 g/mol. The number of fused-ring (bicyclic) bond motifs is 2. The van der Waals surface area contributed by atoms with Crippen LogP contribution in [-0.4, -0.2) is 32.8 Å². The predicted molar refractivity (Wildman–Crippen MR) is 122 cm³/mol. The minimum Gasteiger partial charge on any atom is -0.481 e. The topological polar surface area (TPSA) is 118 Å². The largest absolute Gasteiger partial charge is 0.481 e. The Labute approximate surface area is 194 Å². The number of carbonyl (C=O) groups is 1. The van der Waals surface area contributed by atoms with Crippen LogP contribution in [0.2, 0.25) is 0 Å². The van der Waals surface area contributed by atoms with Crippen LogP contribution in [0.5, 0.6) is 11.5 Å². The van der Waals surface area contributed by atoms with Crippen LogP contribution in [0.1, 0.15) is 40.7 Å². The second kappa shape index (κ2) is 8.26. The average Bonchev–Trinajstić information content (AvgIpc) is 3.36. The van der Waals surface area contributed by atoms with Crippen molar-refractivity contribution < 1.29 is 29.1 Å². The number of nitrogens with one attached hydrogen (secondary N) is 1. The summed E-state index contributed by atoms with van der Waals surface area (Å²) in [5.74, 6) is -0.365. The molecule has 174 valence electrons. The number of pyridine rings is 1. The van der Waals surface area contributed by atoms with E-state index in [1.807, 2.05) is 47.9 Å². The monoisotopic (exact) mass is 462 g/mol. The molecular formula is C25H24N3O6+. The first-order chi connectivity index (χ1) is 16.3. The van der Waals surface area contributed by atoms with Crippen molar-refractivity contribution in [1.82, 2.24) is 9.71 Å². The van der Waals surface area contributed by atoms with E-state index < -0.39 is 17.4 Å². The zero-order valence-corrected chi connectivity index (χ0v) is 18.7. The van der Waals surface area contributed by atoms with Crippen molar-refractivity contribution in [2.45, 2.75) is 32.7 Å². The van der Waals surface area contributed by atoms with Crippen molar-refractivity contribution in [3.8, 4) is 11.5 Å². The summed E-state index contributed by atoms with van der Waals surface area (Å²) < 4.78 is 13.7. The van der Waals surface area contributed by atoms with Crippen LogP contribution in [-0.2, 0) is 11.3 Å². The second-order valence-corrected chi connectivity index (χ2v) is 8.41. The molecule has 1 atom stereocenters. The third-order valence-electron chi connectivity index (χ3n) is 6.37. The van der Waals surface area contributed by atoms with E-state index in [-0.39, 0.29) is 18.8 Å². The number of imidazole rings is 1. The molecule has 5 rings (SSSR count). The molecule has 9 nitrogen and oxygen atoms in total. The Kier molecular flexibility index (Phi) is 5.24. The van der Waals surface area contributed by atoms with E-state index in [4.69, 9.17) is 9.47 Å².